The number of hydrogen-bond acceptors (Lipinski definition) is 4. The molecular weight excluding hydrogens is 317 g/mol. The van der Waals surface area contributed by atoms with Gasteiger partial charge < -0.3 is 19.9 Å². The molecule has 0 bridgehead atoms. The number of ether oxygens (including phenoxy) is 2. The molecule has 6 nitrogen and oxygen atoms in total. The van der Waals surface area contributed by atoms with Gasteiger partial charge in [0.1, 0.15) is 5.54 Å². The van der Waals surface area contributed by atoms with Gasteiger partial charge in [0.2, 0.25) is 0 Å². The molecule has 0 heterocycles. The van der Waals surface area contributed by atoms with Crippen LogP contribution >= 0.6 is 0 Å². The van der Waals surface area contributed by atoms with E-state index in [2.05, 4.69) is 5.32 Å². The number of rotatable bonds is 7. The molecule has 2 unspecified atom stereocenters. The Labute approximate surface area is 139 Å². The largest absolute Gasteiger partial charge is 0.481 e. The summed E-state index contributed by atoms with van der Waals surface area (Å²) < 4.78 is 24.1. The maximum atomic E-state index is 13.5. The maximum absolute atomic E-state index is 13.5. The predicted molar refractivity (Wildman–Crippen MR) is 84.2 cm³/mol. The van der Waals surface area contributed by atoms with Gasteiger partial charge >= 0.3 is 5.97 Å². The first-order valence-electron chi connectivity index (χ1n) is 7.78. The lowest BCUT2D eigenvalue weighted by atomic mass is 9.54. The van der Waals surface area contributed by atoms with E-state index < -0.39 is 35.3 Å². The van der Waals surface area contributed by atoms with Crippen LogP contribution in [0, 0.1) is 11.2 Å². The van der Waals surface area contributed by atoms with E-state index in [1.54, 1.807) is 19.9 Å². The van der Waals surface area contributed by atoms with Gasteiger partial charge in [0.15, 0.2) is 18.2 Å². The summed E-state index contributed by atoms with van der Waals surface area (Å²) in [5.74, 6) is -2.39. The third-order valence-corrected chi connectivity index (χ3v) is 4.68. The van der Waals surface area contributed by atoms with Gasteiger partial charge in [0.25, 0.3) is 5.91 Å². The highest BCUT2D eigenvalue weighted by atomic mass is 19.1. The lowest BCUT2D eigenvalue weighted by Gasteiger charge is -2.58. The SMILES string of the molecule is CCOC1CC(NC(=O)COc2ccccc2F)(C(=O)O)C1(C)C. The fourth-order valence-corrected chi connectivity index (χ4v) is 3.02. The monoisotopic (exact) mass is 339 g/mol. The molecule has 2 N–H and O–H groups in total. The highest BCUT2D eigenvalue weighted by molar-refractivity contribution is 5.90. The Morgan fingerprint density at radius 1 is 1.38 bits per heavy atom. The number of carboxylic acids is 1. The van der Waals surface area contributed by atoms with E-state index in [-0.39, 0.29) is 18.3 Å². The number of amides is 1. The number of halogens is 1. The van der Waals surface area contributed by atoms with Crippen molar-refractivity contribution in [3.05, 3.63) is 30.1 Å². The molecule has 1 aliphatic rings. The van der Waals surface area contributed by atoms with Gasteiger partial charge in [-0.2, -0.15) is 0 Å². The maximum Gasteiger partial charge on any atom is 0.330 e. The summed E-state index contributed by atoms with van der Waals surface area (Å²) in [5, 5.41) is 12.1. The molecular formula is C17H22FNO5. The number of carbonyl (C=O) groups is 2. The molecule has 0 saturated heterocycles. The van der Waals surface area contributed by atoms with Crippen molar-refractivity contribution < 1.29 is 28.6 Å². The summed E-state index contributed by atoms with van der Waals surface area (Å²) in [6.45, 7) is 5.31. The van der Waals surface area contributed by atoms with Crippen LogP contribution in [-0.2, 0) is 14.3 Å². The lowest BCUT2D eigenvalue weighted by molar-refractivity contribution is -0.194. The van der Waals surface area contributed by atoms with Gasteiger partial charge in [-0.15, -0.1) is 0 Å². The average Bonchev–Trinajstić information content (AvgIpc) is 2.52. The predicted octanol–water partition coefficient (Wildman–Crippen LogP) is 1.98. The normalized spacial score (nSPS) is 24.8. The van der Waals surface area contributed by atoms with Crippen LogP contribution in [0.5, 0.6) is 5.75 Å². The van der Waals surface area contributed by atoms with Crippen molar-refractivity contribution in [2.45, 2.75) is 38.8 Å². The van der Waals surface area contributed by atoms with Gasteiger partial charge in [-0.1, -0.05) is 26.0 Å². The smallest absolute Gasteiger partial charge is 0.330 e. The quantitative estimate of drug-likeness (QED) is 0.793. The Balaban J connectivity index is 2.03. The average molecular weight is 339 g/mol. The number of carbonyl (C=O) groups excluding carboxylic acids is 1. The molecule has 0 aliphatic heterocycles. The summed E-state index contributed by atoms with van der Waals surface area (Å²) in [7, 11) is 0. The van der Waals surface area contributed by atoms with Crippen LogP contribution in [0.2, 0.25) is 0 Å². The van der Waals surface area contributed by atoms with E-state index in [0.717, 1.165) is 0 Å². The Kier molecular flexibility index (Phi) is 5.13. The Morgan fingerprint density at radius 2 is 2.04 bits per heavy atom. The molecule has 2 atom stereocenters. The van der Waals surface area contributed by atoms with E-state index in [4.69, 9.17) is 9.47 Å². The van der Waals surface area contributed by atoms with Crippen LogP contribution in [0.3, 0.4) is 0 Å². The fraction of sp³-hybridized carbons (Fsp3) is 0.529. The number of benzene rings is 1. The number of carboxylic acid groups (broad SMARTS) is 1. The van der Waals surface area contributed by atoms with Crippen molar-refractivity contribution in [2.24, 2.45) is 5.41 Å². The van der Waals surface area contributed by atoms with Gasteiger partial charge in [-0.25, -0.2) is 9.18 Å². The van der Waals surface area contributed by atoms with Crippen LogP contribution in [0.15, 0.2) is 24.3 Å². The molecule has 0 spiro atoms. The zero-order valence-corrected chi connectivity index (χ0v) is 14.0. The van der Waals surface area contributed by atoms with Gasteiger partial charge in [-0.05, 0) is 19.1 Å². The molecule has 0 aromatic heterocycles. The second kappa shape index (κ2) is 6.76. The summed E-state index contributed by atoms with van der Waals surface area (Å²) in [6.07, 6.45) is -0.0828. The van der Waals surface area contributed by atoms with E-state index in [1.165, 1.54) is 18.2 Å². The second-order valence-electron chi connectivity index (χ2n) is 6.35. The minimum Gasteiger partial charge on any atom is -0.481 e. The van der Waals surface area contributed by atoms with Crippen LogP contribution in [0.25, 0.3) is 0 Å². The topological polar surface area (TPSA) is 84.9 Å². The summed E-state index contributed by atoms with van der Waals surface area (Å²) in [6, 6.07) is 5.70. The zero-order chi connectivity index (χ0) is 18.0. The first-order valence-corrected chi connectivity index (χ1v) is 7.78. The molecule has 1 aliphatic carbocycles. The Bertz CT molecular complexity index is 633. The number of nitrogens with one attached hydrogen (secondary N) is 1. The third kappa shape index (κ3) is 3.08. The molecule has 1 amide bonds. The van der Waals surface area contributed by atoms with Crippen LogP contribution in [0.4, 0.5) is 4.39 Å². The van der Waals surface area contributed by atoms with Crippen molar-refractivity contribution in [3.63, 3.8) is 0 Å². The lowest BCUT2D eigenvalue weighted by Crippen LogP contribution is -2.76. The number of aliphatic carboxylic acids is 1. The van der Waals surface area contributed by atoms with Gasteiger partial charge in [0.05, 0.1) is 6.10 Å². The van der Waals surface area contributed by atoms with E-state index in [9.17, 15) is 19.1 Å². The molecule has 1 aromatic rings. The van der Waals surface area contributed by atoms with Crippen LogP contribution < -0.4 is 10.1 Å². The minimum absolute atomic E-state index is 0.0583. The molecule has 1 aromatic carbocycles. The highest BCUT2D eigenvalue weighted by Gasteiger charge is 2.66. The molecule has 7 heteroatoms. The minimum atomic E-state index is -1.43. The van der Waals surface area contributed by atoms with Gasteiger partial charge in [-0.3, -0.25) is 4.79 Å². The molecule has 1 fully saturated rings. The molecule has 0 radical (unpaired) electrons. The molecule has 24 heavy (non-hydrogen) atoms. The summed E-state index contributed by atoms with van der Waals surface area (Å²) in [4.78, 5) is 23.9. The van der Waals surface area contributed by atoms with Crippen molar-refractivity contribution in [3.8, 4) is 5.75 Å². The van der Waals surface area contributed by atoms with E-state index >= 15 is 0 Å². The second-order valence-corrected chi connectivity index (χ2v) is 6.35. The summed E-state index contributed by atoms with van der Waals surface area (Å²) in [5.41, 5.74) is -2.20. The first kappa shape index (κ1) is 18.2. The Hall–Kier alpha value is -2.15. The third-order valence-electron chi connectivity index (χ3n) is 4.68. The standard InChI is InChI=1S/C17H22FNO5/c1-4-23-13-9-17(15(21)22,16(13,2)3)19-14(20)10-24-12-8-6-5-7-11(12)18/h5-8,13H,4,9-10H2,1-3H3,(H,19,20)(H,21,22). The summed E-state index contributed by atoms with van der Waals surface area (Å²) >= 11 is 0. The van der Waals surface area contributed by atoms with E-state index in [1.807, 2.05) is 6.92 Å². The first-order chi connectivity index (χ1) is 11.2. The molecule has 2 rings (SSSR count). The number of hydrogen-bond donors (Lipinski definition) is 2. The van der Waals surface area contributed by atoms with Gasteiger partial charge in [0, 0.05) is 18.4 Å². The highest BCUT2D eigenvalue weighted by Crippen LogP contribution is 2.51. The number of para-hydroxylation sites is 1. The van der Waals surface area contributed by atoms with Crippen LogP contribution in [-0.4, -0.2) is 41.8 Å². The van der Waals surface area contributed by atoms with Crippen molar-refractivity contribution in [1.29, 1.82) is 0 Å². The molecule has 1 saturated carbocycles. The van der Waals surface area contributed by atoms with E-state index in [0.29, 0.717) is 6.61 Å². The van der Waals surface area contributed by atoms with Crippen molar-refractivity contribution in [2.75, 3.05) is 13.2 Å². The van der Waals surface area contributed by atoms with Crippen LogP contribution in [0.1, 0.15) is 27.2 Å². The Morgan fingerprint density at radius 3 is 2.58 bits per heavy atom. The fourth-order valence-electron chi connectivity index (χ4n) is 3.02. The van der Waals surface area contributed by atoms with Crippen molar-refractivity contribution in [1.82, 2.24) is 5.32 Å². The zero-order valence-electron chi connectivity index (χ0n) is 14.0. The molecule has 132 valence electrons. The van der Waals surface area contributed by atoms with Crippen molar-refractivity contribution >= 4 is 11.9 Å².